The molecule has 0 aromatic heterocycles. The summed E-state index contributed by atoms with van der Waals surface area (Å²) in [5.74, 6) is 0.696. The van der Waals surface area contributed by atoms with Gasteiger partial charge in [0.2, 0.25) is 0 Å². The molecule has 1 heterocycles. The number of nitrogens with two attached hydrogens (primary N) is 1. The van der Waals surface area contributed by atoms with Crippen molar-refractivity contribution in [2.75, 3.05) is 6.61 Å². The molecule has 0 unspecified atom stereocenters. The van der Waals surface area contributed by atoms with Crippen LogP contribution >= 0.6 is 0 Å². The van der Waals surface area contributed by atoms with Gasteiger partial charge in [0, 0.05) is 0 Å². The number of hydrogen-bond acceptors (Lipinski definition) is 2. The maximum absolute atomic E-state index is 5.97. The molecular formula is C13H19NO. The molecule has 0 spiro atoms. The lowest BCUT2D eigenvalue weighted by molar-refractivity contribution is 0.0923. The average Bonchev–Trinajstić information content (AvgIpc) is 2.17. The first kappa shape index (κ1) is 10.7. The van der Waals surface area contributed by atoms with Gasteiger partial charge in [-0.2, -0.15) is 0 Å². The van der Waals surface area contributed by atoms with Crippen molar-refractivity contribution in [2.24, 2.45) is 11.7 Å². The van der Waals surface area contributed by atoms with E-state index in [1.807, 2.05) is 0 Å². The minimum atomic E-state index is 0.0573. The van der Waals surface area contributed by atoms with Gasteiger partial charge in [-0.25, -0.2) is 0 Å². The van der Waals surface area contributed by atoms with Crippen LogP contribution in [0.1, 0.15) is 36.6 Å². The van der Waals surface area contributed by atoms with Gasteiger partial charge in [0.25, 0.3) is 0 Å². The van der Waals surface area contributed by atoms with E-state index in [2.05, 4.69) is 32.0 Å². The summed E-state index contributed by atoms with van der Waals surface area (Å²) in [7, 11) is 0. The molecule has 1 atom stereocenters. The third kappa shape index (κ3) is 2.39. The van der Waals surface area contributed by atoms with Crippen molar-refractivity contribution < 1.29 is 4.74 Å². The van der Waals surface area contributed by atoms with Crippen LogP contribution in [0.15, 0.2) is 18.2 Å². The van der Waals surface area contributed by atoms with Crippen LogP contribution in [-0.4, -0.2) is 6.61 Å². The second-order valence-electron chi connectivity index (χ2n) is 4.75. The molecule has 2 N–H and O–H groups in total. The summed E-state index contributed by atoms with van der Waals surface area (Å²) >= 11 is 0. The summed E-state index contributed by atoms with van der Waals surface area (Å²) in [6.07, 6.45) is 1.13. The smallest absolute Gasteiger partial charge is 0.0721 e. The molecule has 1 aliphatic heterocycles. The largest absolute Gasteiger partial charge is 0.375 e. The Morgan fingerprint density at radius 3 is 3.00 bits per heavy atom. The highest BCUT2D eigenvalue weighted by Gasteiger charge is 2.17. The van der Waals surface area contributed by atoms with Crippen molar-refractivity contribution >= 4 is 0 Å². The second kappa shape index (κ2) is 4.33. The van der Waals surface area contributed by atoms with Gasteiger partial charge >= 0.3 is 0 Å². The fourth-order valence-corrected chi connectivity index (χ4v) is 2.13. The molecule has 2 heteroatoms. The first-order valence-corrected chi connectivity index (χ1v) is 5.62. The normalized spacial score (nSPS) is 20.4. The molecule has 0 aliphatic carbocycles. The molecule has 1 aliphatic rings. The van der Waals surface area contributed by atoms with E-state index in [1.54, 1.807) is 0 Å². The van der Waals surface area contributed by atoms with Crippen molar-refractivity contribution in [1.82, 2.24) is 0 Å². The van der Waals surface area contributed by atoms with Gasteiger partial charge in [0.1, 0.15) is 0 Å². The summed E-state index contributed by atoms with van der Waals surface area (Å²) in [4.78, 5) is 0. The predicted octanol–water partition coefficient (Wildman–Crippen LogP) is 2.42. The van der Waals surface area contributed by atoms with Crippen LogP contribution in [0.25, 0.3) is 0 Å². The van der Waals surface area contributed by atoms with E-state index in [4.69, 9.17) is 10.5 Å². The van der Waals surface area contributed by atoms with Crippen LogP contribution in [0, 0.1) is 5.92 Å². The Morgan fingerprint density at radius 1 is 1.47 bits per heavy atom. The van der Waals surface area contributed by atoms with Gasteiger partial charge in [0.15, 0.2) is 0 Å². The molecule has 82 valence electrons. The summed E-state index contributed by atoms with van der Waals surface area (Å²) in [5, 5.41) is 0. The molecule has 0 bridgehead atoms. The molecule has 0 fully saturated rings. The van der Waals surface area contributed by atoms with Crippen LogP contribution in [0.2, 0.25) is 0 Å². The Hall–Kier alpha value is -0.860. The first-order chi connectivity index (χ1) is 7.16. The lowest BCUT2D eigenvalue weighted by Gasteiger charge is -2.23. The zero-order valence-electron chi connectivity index (χ0n) is 9.49. The number of ether oxygens (including phenoxy) is 1. The van der Waals surface area contributed by atoms with Gasteiger partial charge in [-0.3, -0.25) is 0 Å². The first-order valence-electron chi connectivity index (χ1n) is 5.62. The molecular weight excluding hydrogens is 186 g/mol. The van der Waals surface area contributed by atoms with Crippen molar-refractivity contribution in [3.05, 3.63) is 34.9 Å². The highest BCUT2D eigenvalue weighted by atomic mass is 16.5. The van der Waals surface area contributed by atoms with Gasteiger partial charge < -0.3 is 10.5 Å². The fourth-order valence-electron chi connectivity index (χ4n) is 2.13. The monoisotopic (exact) mass is 205 g/mol. The van der Waals surface area contributed by atoms with Crippen LogP contribution < -0.4 is 5.73 Å². The van der Waals surface area contributed by atoms with E-state index in [9.17, 15) is 0 Å². The number of rotatable bonds is 2. The molecule has 0 amide bonds. The molecule has 2 rings (SSSR count). The molecule has 2 nitrogen and oxygen atoms in total. The summed E-state index contributed by atoms with van der Waals surface area (Å²) in [6, 6.07) is 6.67. The third-order valence-corrected chi connectivity index (χ3v) is 2.81. The highest BCUT2D eigenvalue weighted by Crippen LogP contribution is 2.24. The second-order valence-corrected chi connectivity index (χ2v) is 4.75. The Bertz CT molecular complexity index is 346. The van der Waals surface area contributed by atoms with E-state index in [1.165, 1.54) is 16.7 Å². The van der Waals surface area contributed by atoms with Gasteiger partial charge in [-0.1, -0.05) is 32.0 Å². The van der Waals surface area contributed by atoms with Crippen LogP contribution in [0.4, 0.5) is 0 Å². The Balaban J connectivity index is 2.25. The average molecular weight is 205 g/mol. The number of benzene rings is 1. The fraction of sp³-hybridized carbons (Fsp3) is 0.538. The van der Waals surface area contributed by atoms with E-state index < -0.39 is 0 Å². The van der Waals surface area contributed by atoms with Gasteiger partial charge in [-0.05, 0) is 29.0 Å². The van der Waals surface area contributed by atoms with E-state index in [0.717, 1.165) is 13.0 Å². The third-order valence-electron chi connectivity index (χ3n) is 2.81. The van der Waals surface area contributed by atoms with E-state index in [-0.39, 0.29) is 6.04 Å². The molecule has 15 heavy (non-hydrogen) atoms. The van der Waals surface area contributed by atoms with Crippen LogP contribution in [0.3, 0.4) is 0 Å². The predicted molar refractivity (Wildman–Crippen MR) is 61.6 cm³/mol. The van der Waals surface area contributed by atoms with Crippen molar-refractivity contribution in [3.63, 3.8) is 0 Å². The van der Waals surface area contributed by atoms with Gasteiger partial charge in [-0.15, -0.1) is 0 Å². The molecule has 1 aromatic rings. The van der Waals surface area contributed by atoms with E-state index in [0.29, 0.717) is 12.5 Å². The zero-order valence-corrected chi connectivity index (χ0v) is 9.49. The molecule has 0 saturated heterocycles. The highest BCUT2D eigenvalue weighted by molar-refractivity contribution is 5.35. The molecule has 0 saturated carbocycles. The lowest BCUT2D eigenvalue weighted by Crippen LogP contribution is -2.23. The minimum absolute atomic E-state index is 0.0573. The standard InChI is InChI=1S/C13H19NO/c1-9(2)5-10-3-4-12-11(6-10)7-15-8-13(12)14/h3-4,6,9,13H,5,7-8,14H2,1-2H3/t13-/m0/s1. The Morgan fingerprint density at radius 2 is 2.27 bits per heavy atom. The van der Waals surface area contributed by atoms with E-state index >= 15 is 0 Å². The van der Waals surface area contributed by atoms with Crippen LogP contribution in [-0.2, 0) is 17.8 Å². The number of fused-ring (bicyclic) bond motifs is 1. The number of hydrogen-bond donors (Lipinski definition) is 1. The lowest BCUT2D eigenvalue weighted by atomic mass is 9.94. The summed E-state index contributed by atoms with van der Waals surface area (Å²) < 4.78 is 5.44. The zero-order chi connectivity index (χ0) is 10.8. The Labute approximate surface area is 91.4 Å². The summed E-state index contributed by atoms with van der Waals surface area (Å²) in [6.45, 7) is 5.84. The van der Waals surface area contributed by atoms with Crippen molar-refractivity contribution in [3.8, 4) is 0 Å². The molecule has 0 radical (unpaired) electrons. The quantitative estimate of drug-likeness (QED) is 0.804. The molecule has 1 aromatic carbocycles. The van der Waals surface area contributed by atoms with Crippen molar-refractivity contribution in [2.45, 2.75) is 32.9 Å². The van der Waals surface area contributed by atoms with Crippen LogP contribution in [0.5, 0.6) is 0 Å². The van der Waals surface area contributed by atoms with Gasteiger partial charge in [0.05, 0.1) is 19.3 Å². The SMILES string of the molecule is CC(C)Cc1ccc2c(c1)COC[C@@H]2N. The summed E-state index contributed by atoms with van der Waals surface area (Å²) in [5.41, 5.74) is 9.89. The maximum atomic E-state index is 5.97. The Kier molecular flexibility index (Phi) is 3.08. The van der Waals surface area contributed by atoms with Crippen molar-refractivity contribution in [1.29, 1.82) is 0 Å². The topological polar surface area (TPSA) is 35.2 Å². The minimum Gasteiger partial charge on any atom is -0.375 e. The maximum Gasteiger partial charge on any atom is 0.0721 e.